The summed E-state index contributed by atoms with van der Waals surface area (Å²) in [6.07, 6.45) is 6.58. The monoisotopic (exact) mass is 380 g/mol. The van der Waals surface area contributed by atoms with Crippen LogP contribution in [0.25, 0.3) is 0 Å². The van der Waals surface area contributed by atoms with E-state index in [4.69, 9.17) is 4.74 Å². The summed E-state index contributed by atoms with van der Waals surface area (Å²) in [5.74, 6) is 0.912. The topological polar surface area (TPSA) is 41.6 Å². The normalized spacial score (nSPS) is 15.0. The molecule has 1 aliphatic rings. The molecule has 0 aromatic heterocycles. The summed E-state index contributed by atoms with van der Waals surface area (Å²) >= 11 is 0. The van der Waals surface area contributed by atoms with Gasteiger partial charge in [-0.2, -0.15) is 0 Å². The number of nitrogens with one attached hydrogen (secondary N) is 1. The standard InChI is InChI=1S/C24H32N2O2/c1-28-23-8-6-7-20(17-23)13-14-24(27)25-18-21-9-11-22(12-10-21)19-26-15-4-2-3-5-16-26/h6-12,17H,2-5,13-16,18-19H2,1H3,(H,25,27). The van der Waals surface area contributed by atoms with E-state index in [0.717, 1.165) is 29.8 Å². The number of ether oxygens (including phenoxy) is 1. The first-order valence-electron chi connectivity index (χ1n) is 10.4. The van der Waals surface area contributed by atoms with Crippen molar-refractivity contribution >= 4 is 5.91 Å². The van der Waals surface area contributed by atoms with Crippen molar-refractivity contribution in [3.63, 3.8) is 0 Å². The minimum Gasteiger partial charge on any atom is -0.497 e. The highest BCUT2D eigenvalue weighted by atomic mass is 16.5. The van der Waals surface area contributed by atoms with Gasteiger partial charge in [0.25, 0.3) is 0 Å². The van der Waals surface area contributed by atoms with Crippen LogP contribution in [0.4, 0.5) is 0 Å². The largest absolute Gasteiger partial charge is 0.497 e. The average molecular weight is 381 g/mol. The van der Waals surface area contributed by atoms with Gasteiger partial charge in [0.15, 0.2) is 0 Å². The smallest absolute Gasteiger partial charge is 0.220 e. The fourth-order valence-corrected chi connectivity index (χ4v) is 3.69. The molecule has 0 atom stereocenters. The Hall–Kier alpha value is -2.33. The lowest BCUT2D eigenvalue weighted by Crippen LogP contribution is -2.24. The van der Waals surface area contributed by atoms with Crippen molar-refractivity contribution in [2.45, 2.75) is 51.6 Å². The lowest BCUT2D eigenvalue weighted by atomic mass is 10.1. The van der Waals surface area contributed by atoms with Gasteiger partial charge in [-0.1, -0.05) is 49.2 Å². The summed E-state index contributed by atoms with van der Waals surface area (Å²) in [6.45, 7) is 4.05. The van der Waals surface area contributed by atoms with Crippen molar-refractivity contribution in [2.75, 3.05) is 20.2 Å². The van der Waals surface area contributed by atoms with Crippen LogP contribution in [0.3, 0.4) is 0 Å². The molecule has 28 heavy (non-hydrogen) atoms. The van der Waals surface area contributed by atoms with E-state index in [1.54, 1.807) is 7.11 Å². The number of hydrogen-bond donors (Lipinski definition) is 1. The van der Waals surface area contributed by atoms with Gasteiger partial charge >= 0.3 is 0 Å². The molecule has 2 aromatic carbocycles. The van der Waals surface area contributed by atoms with Crippen molar-refractivity contribution in [3.05, 3.63) is 65.2 Å². The molecule has 1 saturated heterocycles. The molecule has 1 aliphatic heterocycles. The van der Waals surface area contributed by atoms with Crippen LogP contribution >= 0.6 is 0 Å². The highest BCUT2D eigenvalue weighted by molar-refractivity contribution is 5.76. The van der Waals surface area contributed by atoms with E-state index in [2.05, 4.69) is 34.5 Å². The molecule has 1 amide bonds. The molecule has 0 radical (unpaired) electrons. The van der Waals surface area contributed by atoms with E-state index >= 15 is 0 Å². The Morgan fingerprint density at radius 3 is 2.39 bits per heavy atom. The predicted molar refractivity (Wildman–Crippen MR) is 113 cm³/mol. The van der Waals surface area contributed by atoms with Crippen LogP contribution in [-0.4, -0.2) is 31.0 Å². The molecule has 0 unspecified atom stereocenters. The van der Waals surface area contributed by atoms with Crippen molar-refractivity contribution in [3.8, 4) is 5.75 Å². The maximum atomic E-state index is 12.2. The zero-order chi connectivity index (χ0) is 19.6. The van der Waals surface area contributed by atoms with Gasteiger partial charge in [-0.25, -0.2) is 0 Å². The van der Waals surface area contributed by atoms with E-state index < -0.39 is 0 Å². The van der Waals surface area contributed by atoms with E-state index in [9.17, 15) is 4.79 Å². The van der Waals surface area contributed by atoms with E-state index in [-0.39, 0.29) is 5.91 Å². The summed E-state index contributed by atoms with van der Waals surface area (Å²) in [6, 6.07) is 16.5. The second-order valence-corrected chi connectivity index (χ2v) is 7.64. The zero-order valence-corrected chi connectivity index (χ0v) is 17.0. The van der Waals surface area contributed by atoms with Gasteiger partial charge in [-0.15, -0.1) is 0 Å². The number of hydrogen-bond acceptors (Lipinski definition) is 3. The zero-order valence-electron chi connectivity index (χ0n) is 17.0. The van der Waals surface area contributed by atoms with Crippen molar-refractivity contribution in [1.29, 1.82) is 0 Å². The first kappa shape index (κ1) is 20.4. The molecule has 0 bridgehead atoms. The summed E-state index contributed by atoms with van der Waals surface area (Å²) in [7, 11) is 1.66. The number of carbonyl (C=O) groups excluding carboxylic acids is 1. The van der Waals surface area contributed by atoms with Gasteiger partial charge in [-0.3, -0.25) is 9.69 Å². The third-order valence-corrected chi connectivity index (χ3v) is 5.39. The number of methoxy groups -OCH3 is 1. The fourth-order valence-electron chi connectivity index (χ4n) is 3.69. The number of nitrogens with zero attached hydrogens (tertiary/aromatic N) is 1. The molecular formula is C24H32N2O2. The van der Waals surface area contributed by atoms with E-state index in [1.165, 1.54) is 44.3 Å². The van der Waals surface area contributed by atoms with Crippen LogP contribution in [0.5, 0.6) is 5.75 Å². The highest BCUT2D eigenvalue weighted by Crippen LogP contribution is 2.15. The number of rotatable bonds is 8. The van der Waals surface area contributed by atoms with E-state index in [1.807, 2.05) is 24.3 Å². The molecule has 4 nitrogen and oxygen atoms in total. The Bertz CT molecular complexity index is 735. The Kier molecular flexibility index (Phi) is 7.92. The first-order valence-corrected chi connectivity index (χ1v) is 10.4. The molecule has 3 rings (SSSR count). The number of likely N-dealkylation sites (tertiary alicyclic amines) is 1. The maximum absolute atomic E-state index is 12.2. The molecule has 2 aromatic rings. The Labute approximate surface area is 168 Å². The molecule has 1 N–H and O–H groups in total. The quantitative estimate of drug-likeness (QED) is 0.741. The fraction of sp³-hybridized carbons (Fsp3) is 0.458. The lowest BCUT2D eigenvalue weighted by molar-refractivity contribution is -0.121. The third-order valence-electron chi connectivity index (χ3n) is 5.39. The molecule has 0 spiro atoms. The van der Waals surface area contributed by atoms with Gasteiger partial charge < -0.3 is 10.1 Å². The summed E-state index contributed by atoms with van der Waals surface area (Å²) in [5, 5.41) is 3.03. The Morgan fingerprint density at radius 1 is 0.964 bits per heavy atom. The van der Waals surface area contributed by atoms with Gasteiger partial charge in [0.2, 0.25) is 5.91 Å². The Balaban J connectivity index is 1.40. The van der Waals surface area contributed by atoms with Crippen molar-refractivity contribution in [1.82, 2.24) is 10.2 Å². The minimum absolute atomic E-state index is 0.0801. The van der Waals surface area contributed by atoms with Crippen LogP contribution < -0.4 is 10.1 Å². The summed E-state index contributed by atoms with van der Waals surface area (Å²) < 4.78 is 5.23. The van der Waals surface area contributed by atoms with Gasteiger partial charge in [0.1, 0.15) is 5.75 Å². The average Bonchev–Trinajstić information content (AvgIpc) is 3.00. The van der Waals surface area contributed by atoms with Crippen LogP contribution in [-0.2, 0) is 24.3 Å². The van der Waals surface area contributed by atoms with Gasteiger partial charge in [0.05, 0.1) is 7.11 Å². The first-order chi connectivity index (χ1) is 13.7. The molecule has 0 saturated carbocycles. The molecule has 0 aliphatic carbocycles. The lowest BCUT2D eigenvalue weighted by Gasteiger charge is -2.19. The van der Waals surface area contributed by atoms with Gasteiger partial charge in [0, 0.05) is 19.5 Å². The number of carbonyl (C=O) groups is 1. The van der Waals surface area contributed by atoms with Crippen LogP contribution in [0.1, 0.15) is 48.8 Å². The van der Waals surface area contributed by atoms with Gasteiger partial charge in [-0.05, 0) is 61.2 Å². The molecule has 4 heteroatoms. The van der Waals surface area contributed by atoms with Crippen molar-refractivity contribution < 1.29 is 9.53 Å². The van der Waals surface area contributed by atoms with Crippen molar-refractivity contribution in [2.24, 2.45) is 0 Å². The summed E-state index contributed by atoms with van der Waals surface area (Å²) in [5.41, 5.74) is 3.62. The predicted octanol–water partition coefficient (Wildman–Crippen LogP) is 4.32. The summed E-state index contributed by atoms with van der Waals surface area (Å²) in [4.78, 5) is 14.7. The van der Waals surface area contributed by atoms with E-state index in [0.29, 0.717) is 13.0 Å². The molecule has 150 valence electrons. The second kappa shape index (κ2) is 10.9. The van der Waals surface area contributed by atoms with Crippen LogP contribution in [0.2, 0.25) is 0 Å². The molecule has 1 fully saturated rings. The molecule has 1 heterocycles. The number of benzene rings is 2. The molecular weight excluding hydrogens is 348 g/mol. The minimum atomic E-state index is 0.0801. The van der Waals surface area contributed by atoms with Crippen LogP contribution in [0.15, 0.2) is 48.5 Å². The third kappa shape index (κ3) is 6.68. The Morgan fingerprint density at radius 2 is 1.68 bits per heavy atom. The number of aryl methyl sites for hydroxylation is 1. The van der Waals surface area contributed by atoms with Crippen LogP contribution in [0, 0.1) is 0 Å². The maximum Gasteiger partial charge on any atom is 0.220 e. The highest BCUT2D eigenvalue weighted by Gasteiger charge is 2.09. The second-order valence-electron chi connectivity index (χ2n) is 7.64. The SMILES string of the molecule is COc1cccc(CCC(=O)NCc2ccc(CN3CCCCCC3)cc2)c1. The number of amides is 1.